The summed E-state index contributed by atoms with van der Waals surface area (Å²) in [4.78, 5) is 48.8. The van der Waals surface area contributed by atoms with Crippen molar-refractivity contribution in [3.8, 4) is 11.5 Å². The van der Waals surface area contributed by atoms with Gasteiger partial charge in [0.25, 0.3) is 17.3 Å². The van der Waals surface area contributed by atoms with Gasteiger partial charge >= 0.3 is 5.97 Å². The number of non-ortho nitro benzene ring substituents is 1. The summed E-state index contributed by atoms with van der Waals surface area (Å²) in [7, 11) is 1.29. The van der Waals surface area contributed by atoms with Gasteiger partial charge in [-0.25, -0.2) is 4.79 Å². The summed E-state index contributed by atoms with van der Waals surface area (Å²) in [6, 6.07) is 14.8. The van der Waals surface area contributed by atoms with Crippen molar-refractivity contribution in [1.29, 1.82) is 0 Å². The van der Waals surface area contributed by atoms with Crippen molar-refractivity contribution in [3.63, 3.8) is 0 Å². The lowest BCUT2D eigenvalue weighted by atomic mass is 9.96. The number of rotatable bonds is 8. The largest absolute Gasteiger partial charge is 0.493 e. The molecule has 0 saturated carbocycles. The Hall–Kier alpha value is -5.00. The molecule has 1 N–H and O–H groups in total. The Balaban J connectivity index is 1.81. The van der Waals surface area contributed by atoms with E-state index in [1.807, 2.05) is 6.07 Å². The number of hydrogen-bond donors (Lipinski definition) is 1. The molecule has 1 aliphatic rings. The highest BCUT2D eigenvalue weighted by molar-refractivity contribution is 6.14. The minimum atomic E-state index is -1.85. The van der Waals surface area contributed by atoms with E-state index < -0.39 is 38.5 Å². The zero-order valence-electron chi connectivity index (χ0n) is 19.7. The quantitative estimate of drug-likeness (QED) is 0.349. The van der Waals surface area contributed by atoms with E-state index in [1.54, 1.807) is 24.3 Å². The molecule has 0 fully saturated rings. The molecule has 190 valence electrons. The van der Waals surface area contributed by atoms with Crippen LogP contribution in [-0.2, 0) is 17.8 Å². The maximum absolute atomic E-state index is 13.8. The summed E-state index contributed by atoms with van der Waals surface area (Å²) >= 11 is 0. The van der Waals surface area contributed by atoms with E-state index in [2.05, 4.69) is 0 Å². The highest BCUT2D eigenvalue weighted by atomic mass is 16.6. The molecule has 3 aromatic carbocycles. The van der Waals surface area contributed by atoms with E-state index >= 15 is 0 Å². The van der Waals surface area contributed by atoms with Crippen LogP contribution in [0.4, 0.5) is 17.1 Å². The number of carbonyl (C=O) groups is 2. The van der Waals surface area contributed by atoms with Gasteiger partial charge in [-0.05, 0) is 18.1 Å². The van der Waals surface area contributed by atoms with Crippen LogP contribution in [0.2, 0.25) is 0 Å². The highest BCUT2D eigenvalue weighted by Gasteiger charge is 2.51. The van der Waals surface area contributed by atoms with Crippen molar-refractivity contribution in [2.24, 2.45) is 0 Å². The average molecular weight is 507 g/mol. The molecule has 0 saturated heterocycles. The maximum Gasteiger partial charge on any atom is 0.330 e. The Morgan fingerprint density at radius 3 is 2.32 bits per heavy atom. The first-order valence-electron chi connectivity index (χ1n) is 10.9. The second kappa shape index (κ2) is 9.57. The molecule has 12 heteroatoms. The molecular formula is C25H21N3O9. The van der Waals surface area contributed by atoms with Gasteiger partial charge in [-0.2, -0.15) is 0 Å². The van der Waals surface area contributed by atoms with E-state index in [0.29, 0.717) is 5.56 Å². The molecular weight excluding hydrogens is 486 g/mol. The molecule has 37 heavy (non-hydrogen) atoms. The Morgan fingerprint density at radius 1 is 1.03 bits per heavy atom. The smallest absolute Gasteiger partial charge is 0.330 e. The van der Waals surface area contributed by atoms with Crippen LogP contribution < -0.4 is 14.4 Å². The van der Waals surface area contributed by atoms with Gasteiger partial charge in [0.05, 0.1) is 28.7 Å². The summed E-state index contributed by atoms with van der Waals surface area (Å²) in [6.07, 6.45) is -0.148. The van der Waals surface area contributed by atoms with Gasteiger partial charge in [0.2, 0.25) is 0 Å². The van der Waals surface area contributed by atoms with E-state index in [9.17, 15) is 34.9 Å². The predicted octanol–water partition coefficient (Wildman–Crippen LogP) is 4.14. The standard InChI is InChI=1S/C25H21N3O9/c1-25(24(30)31)13-16-8-9-17(27(32)33)10-19(16)26(25)23(29)18-11-21(36-2)22(12-20(18)28(34)35)37-14-15-6-4-3-5-7-15/h3-12H,13-14H2,1-2H3,(H,30,31). The van der Waals surface area contributed by atoms with Gasteiger partial charge in [0, 0.05) is 24.6 Å². The molecule has 1 atom stereocenters. The number of nitro groups is 2. The Bertz CT molecular complexity index is 1420. The van der Waals surface area contributed by atoms with Crippen LogP contribution in [0.5, 0.6) is 11.5 Å². The number of nitro benzene ring substituents is 2. The monoisotopic (exact) mass is 507 g/mol. The van der Waals surface area contributed by atoms with Crippen molar-refractivity contribution in [2.45, 2.75) is 25.5 Å². The molecule has 0 spiro atoms. The molecule has 1 heterocycles. The number of hydrogen-bond acceptors (Lipinski definition) is 8. The van der Waals surface area contributed by atoms with E-state index in [1.165, 1.54) is 26.2 Å². The van der Waals surface area contributed by atoms with Crippen molar-refractivity contribution >= 4 is 28.9 Å². The number of benzene rings is 3. The minimum absolute atomic E-state index is 0.00746. The highest BCUT2D eigenvalue weighted by Crippen LogP contribution is 2.44. The van der Waals surface area contributed by atoms with Crippen molar-refractivity contribution in [2.75, 3.05) is 12.0 Å². The lowest BCUT2D eigenvalue weighted by Crippen LogP contribution is -2.53. The van der Waals surface area contributed by atoms with Crippen LogP contribution in [0.25, 0.3) is 0 Å². The Morgan fingerprint density at radius 2 is 1.73 bits per heavy atom. The summed E-state index contributed by atoms with van der Waals surface area (Å²) in [6.45, 7) is 1.35. The summed E-state index contributed by atoms with van der Waals surface area (Å²) in [5, 5.41) is 33.3. The second-order valence-corrected chi connectivity index (χ2v) is 8.52. The first kappa shape index (κ1) is 25.1. The van der Waals surface area contributed by atoms with E-state index in [-0.39, 0.29) is 35.9 Å². The van der Waals surface area contributed by atoms with Crippen LogP contribution in [0.15, 0.2) is 60.7 Å². The molecule has 1 aliphatic heterocycles. The Labute approximate surface area is 210 Å². The van der Waals surface area contributed by atoms with E-state index in [0.717, 1.165) is 28.7 Å². The van der Waals surface area contributed by atoms with Gasteiger partial charge in [-0.1, -0.05) is 36.4 Å². The first-order chi connectivity index (χ1) is 17.6. The summed E-state index contributed by atoms with van der Waals surface area (Å²) < 4.78 is 11.0. The van der Waals surface area contributed by atoms with Gasteiger partial charge in [-0.15, -0.1) is 0 Å². The van der Waals surface area contributed by atoms with Crippen molar-refractivity contribution < 1.29 is 34.0 Å². The lowest BCUT2D eigenvalue weighted by molar-refractivity contribution is -0.385. The predicted molar refractivity (Wildman–Crippen MR) is 130 cm³/mol. The number of carbonyl (C=O) groups excluding carboxylic acids is 1. The normalized spacial score (nSPS) is 16.1. The Kier molecular flexibility index (Phi) is 6.49. The zero-order valence-corrected chi connectivity index (χ0v) is 19.7. The van der Waals surface area contributed by atoms with Crippen LogP contribution in [-0.4, -0.2) is 39.5 Å². The fourth-order valence-electron chi connectivity index (χ4n) is 4.24. The fourth-order valence-corrected chi connectivity index (χ4v) is 4.24. The number of anilines is 1. The third-order valence-corrected chi connectivity index (χ3v) is 6.16. The number of carboxylic acids is 1. The summed E-state index contributed by atoms with van der Waals surface area (Å²) in [5.41, 5.74) is -2.15. The number of carboxylic acid groups (broad SMARTS) is 1. The van der Waals surface area contributed by atoms with Crippen molar-refractivity contribution in [3.05, 3.63) is 97.6 Å². The molecule has 0 aromatic heterocycles. The molecule has 3 aromatic rings. The van der Waals surface area contributed by atoms with Crippen LogP contribution in [0.3, 0.4) is 0 Å². The van der Waals surface area contributed by atoms with Gasteiger partial charge < -0.3 is 14.6 Å². The summed E-state index contributed by atoms with van der Waals surface area (Å²) in [5.74, 6) is -2.38. The number of nitrogens with zero attached hydrogens (tertiary/aromatic N) is 3. The van der Waals surface area contributed by atoms with Crippen LogP contribution in [0, 0.1) is 20.2 Å². The SMILES string of the molecule is COc1cc(C(=O)N2c3cc([N+](=O)[O-])ccc3CC2(C)C(=O)O)c([N+](=O)[O-])cc1OCc1ccccc1. The molecule has 4 rings (SSSR count). The molecule has 12 nitrogen and oxygen atoms in total. The second-order valence-electron chi connectivity index (χ2n) is 8.52. The van der Waals surface area contributed by atoms with Crippen LogP contribution in [0.1, 0.15) is 28.4 Å². The number of methoxy groups -OCH3 is 1. The average Bonchev–Trinajstić information content (AvgIpc) is 3.19. The molecule has 0 aliphatic carbocycles. The third-order valence-electron chi connectivity index (χ3n) is 6.16. The maximum atomic E-state index is 13.8. The topological polar surface area (TPSA) is 162 Å². The first-order valence-corrected chi connectivity index (χ1v) is 10.9. The number of ether oxygens (including phenoxy) is 2. The van der Waals surface area contributed by atoms with E-state index in [4.69, 9.17) is 9.47 Å². The number of amides is 1. The lowest BCUT2D eigenvalue weighted by Gasteiger charge is -2.31. The third kappa shape index (κ3) is 4.51. The molecule has 0 radical (unpaired) electrons. The molecule has 0 bridgehead atoms. The van der Waals surface area contributed by atoms with Gasteiger partial charge in [-0.3, -0.25) is 29.9 Å². The van der Waals surface area contributed by atoms with Crippen molar-refractivity contribution in [1.82, 2.24) is 0 Å². The zero-order chi connectivity index (χ0) is 26.9. The molecule has 1 unspecified atom stereocenters. The number of aliphatic carboxylic acids is 1. The fraction of sp³-hybridized carbons (Fsp3) is 0.200. The minimum Gasteiger partial charge on any atom is -0.493 e. The molecule has 1 amide bonds. The van der Waals surface area contributed by atoms with Gasteiger partial charge in [0.1, 0.15) is 17.7 Å². The number of fused-ring (bicyclic) bond motifs is 1. The van der Waals surface area contributed by atoms with Gasteiger partial charge in [0.15, 0.2) is 11.5 Å². The van der Waals surface area contributed by atoms with Crippen LogP contribution >= 0.6 is 0 Å².